The normalized spacial score (nSPS) is 11.3. The van der Waals surface area contributed by atoms with Crippen molar-refractivity contribution in [1.29, 1.82) is 0 Å². The molecule has 0 aliphatic rings. The van der Waals surface area contributed by atoms with Gasteiger partial charge in [-0.2, -0.15) is 0 Å². The Morgan fingerprint density at radius 1 is 0.617 bits per heavy atom. The molecule has 0 saturated carbocycles. The van der Waals surface area contributed by atoms with Crippen LogP contribution in [0, 0.1) is 12.1 Å². The van der Waals surface area contributed by atoms with Crippen LogP contribution in [0.25, 0.3) is 33.6 Å². The van der Waals surface area contributed by atoms with Gasteiger partial charge in [0.2, 0.25) is 0 Å². The number of nitrogens with zero attached hydrogens (tertiary/aromatic N) is 2. The van der Waals surface area contributed by atoms with Crippen LogP contribution < -0.4 is 4.40 Å². The van der Waals surface area contributed by atoms with E-state index in [2.05, 4.69) is 153 Å². The van der Waals surface area contributed by atoms with Crippen molar-refractivity contribution in [3.8, 4) is 33.6 Å². The summed E-state index contributed by atoms with van der Waals surface area (Å²) in [5, 5.41) is 0. The van der Waals surface area contributed by atoms with Crippen LogP contribution in [0.2, 0.25) is 17.3 Å². The molecular formula is C43H44GeIrN2-2. The van der Waals surface area contributed by atoms with E-state index in [1.54, 1.807) is 0 Å². The summed E-state index contributed by atoms with van der Waals surface area (Å²) >= 11 is -1.93. The van der Waals surface area contributed by atoms with E-state index in [9.17, 15) is 0 Å². The maximum atomic E-state index is 4.81. The Bertz CT molecular complexity index is 1860. The van der Waals surface area contributed by atoms with Crippen molar-refractivity contribution in [2.24, 2.45) is 0 Å². The molecule has 0 aliphatic heterocycles. The third-order valence-corrected chi connectivity index (χ3v) is 12.8. The monoisotopic (exact) mass is 855 g/mol. The minimum atomic E-state index is -1.93. The number of rotatable bonds is 7. The smallest absolute Gasteiger partial charge is 0 e. The van der Waals surface area contributed by atoms with Gasteiger partial charge in [-0.1, -0.05) is 50.2 Å². The van der Waals surface area contributed by atoms with Gasteiger partial charge in [0.1, 0.15) is 0 Å². The van der Waals surface area contributed by atoms with Gasteiger partial charge < -0.3 is 4.98 Å². The molecule has 4 aromatic carbocycles. The molecule has 0 amide bonds. The summed E-state index contributed by atoms with van der Waals surface area (Å²) in [4.78, 5) is 9.29. The molecule has 241 valence electrons. The molecule has 0 spiro atoms. The molecule has 6 rings (SSSR count). The van der Waals surface area contributed by atoms with Gasteiger partial charge in [-0.05, 0) is 22.9 Å². The minimum Gasteiger partial charge on any atom is 0 e. The number of aromatic nitrogens is 2. The Labute approximate surface area is 298 Å². The summed E-state index contributed by atoms with van der Waals surface area (Å²) < 4.78 is 1.51. The average molecular weight is 854 g/mol. The molecule has 6 aromatic rings. The van der Waals surface area contributed by atoms with Crippen LogP contribution in [0.4, 0.5) is 0 Å². The van der Waals surface area contributed by atoms with Gasteiger partial charge in [0.05, 0.1) is 0 Å². The Morgan fingerprint density at radius 2 is 1.26 bits per heavy atom. The van der Waals surface area contributed by atoms with Crippen molar-refractivity contribution in [1.82, 2.24) is 9.97 Å². The van der Waals surface area contributed by atoms with Gasteiger partial charge in [-0.25, -0.2) is 0 Å². The van der Waals surface area contributed by atoms with Gasteiger partial charge in [0.25, 0.3) is 0 Å². The fourth-order valence-corrected chi connectivity index (χ4v) is 9.21. The van der Waals surface area contributed by atoms with E-state index < -0.39 is 13.3 Å². The van der Waals surface area contributed by atoms with Gasteiger partial charge in [0.15, 0.2) is 0 Å². The topological polar surface area (TPSA) is 25.8 Å². The Balaban J connectivity index is 0.000000211. The fourth-order valence-electron chi connectivity index (χ4n) is 5.69. The molecule has 0 fully saturated rings. The van der Waals surface area contributed by atoms with E-state index in [1.807, 2.05) is 42.6 Å². The van der Waals surface area contributed by atoms with Crippen molar-refractivity contribution in [2.75, 3.05) is 0 Å². The Hall–Kier alpha value is -3.63. The van der Waals surface area contributed by atoms with Crippen molar-refractivity contribution in [3.63, 3.8) is 0 Å². The van der Waals surface area contributed by atoms with Crippen LogP contribution in [0.5, 0.6) is 0 Å². The molecule has 2 heterocycles. The molecule has 2 aromatic heterocycles. The number of hydrogen-bond donors (Lipinski definition) is 0. The van der Waals surface area contributed by atoms with Crippen molar-refractivity contribution < 1.29 is 20.1 Å². The molecule has 47 heavy (non-hydrogen) atoms. The van der Waals surface area contributed by atoms with Crippen molar-refractivity contribution in [3.05, 3.63) is 163 Å². The summed E-state index contributed by atoms with van der Waals surface area (Å²) in [5.74, 6) is 7.82. The number of pyridine rings is 2. The van der Waals surface area contributed by atoms with Crippen LogP contribution in [0.15, 0.2) is 134 Å². The molecular weight excluding hydrogens is 809 g/mol. The summed E-state index contributed by atoms with van der Waals surface area (Å²) in [6, 6.07) is 48.5. The van der Waals surface area contributed by atoms with Crippen molar-refractivity contribution >= 4 is 17.7 Å². The second-order valence-corrected chi connectivity index (χ2v) is 24.2. The molecule has 0 aliphatic carbocycles. The first-order chi connectivity index (χ1) is 22.0. The Morgan fingerprint density at radius 3 is 1.89 bits per heavy atom. The first-order valence-corrected chi connectivity index (χ1v) is 23.5. The van der Waals surface area contributed by atoms with E-state index in [0.717, 1.165) is 22.5 Å². The van der Waals surface area contributed by atoms with E-state index in [1.165, 1.54) is 32.2 Å². The zero-order valence-electron chi connectivity index (χ0n) is 28.5. The summed E-state index contributed by atoms with van der Waals surface area (Å²) in [7, 11) is 0. The van der Waals surface area contributed by atoms with Gasteiger partial charge in [0, 0.05) is 31.7 Å². The largest absolute Gasteiger partial charge is 0 e. The summed E-state index contributed by atoms with van der Waals surface area (Å²) in [5.41, 5.74) is 10.5. The molecule has 2 nitrogen and oxygen atoms in total. The first-order valence-electron chi connectivity index (χ1n) is 16.1. The average Bonchev–Trinajstić information content (AvgIpc) is 3.09. The second kappa shape index (κ2) is 16.0. The molecule has 0 bridgehead atoms. The summed E-state index contributed by atoms with van der Waals surface area (Å²) in [6.07, 6.45) is 4.02. The standard InChI is InChI=1S/C23H26GeN.C20H18N.Ir/c1-17(2)21-15-23(25-16-22(21)24(3,4)5)20-13-9-12-19(14-20)18-10-7-6-8-11-18;1-20(2,17-11-7-4-8-12-17)18-13-14-21-19(15-18)16-9-5-3-6-10-16;/h6-12,14-17H,1-5H3;3-9,11-15H,1-2H3;/q2*-1;. The van der Waals surface area contributed by atoms with Gasteiger partial charge >= 0.3 is 154 Å². The molecule has 0 unspecified atom stereocenters. The molecule has 1 radical (unpaired) electrons. The second-order valence-electron chi connectivity index (χ2n) is 13.6. The van der Waals surface area contributed by atoms with Gasteiger partial charge in [-0.15, -0.1) is 35.9 Å². The number of hydrogen-bond acceptors (Lipinski definition) is 2. The van der Waals surface area contributed by atoms with Crippen LogP contribution in [0.1, 0.15) is 50.3 Å². The summed E-state index contributed by atoms with van der Waals surface area (Å²) in [6.45, 7) is 9.05. The van der Waals surface area contributed by atoms with E-state index >= 15 is 0 Å². The fraction of sp³-hybridized carbons (Fsp3) is 0.209. The first kappa shape index (κ1) is 36.2. The molecule has 0 saturated heterocycles. The van der Waals surface area contributed by atoms with E-state index in [-0.39, 0.29) is 25.5 Å². The SMILES string of the molecule is CC(C)(c1ccccc1)c1ccnc(-c2[c-]cccc2)c1.CC(C)c1cc(-c2[c-]ccc(-c3ccccc3)c2)nc[c]1[Ge]([CH3])([CH3])[CH3].[Ir]. The van der Waals surface area contributed by atoms with Gasteiger partial charge in [-0.3, -0.25) is 0 Å². The Kier molecular flexibility index (Phi) is 12.3. The van der Waals surface area contributed by atoms with Crippen LogP contribution in [-0.2, 0) is 25.5 Å². The van der Waals surface area contributed by atoms with Crippen LogP contribution in [0.3, 0.4) is 0 Å². The van der Waals surface area contributed by atoms with Crippen LogP contribution >= 0.6 is 0 Å². The quantitative estimate of drug-likeness (QED) is 0.118. The van der Waals surface area contributed by atoms with Crippen molar-refractivity contribution in [2.45, 2.75) is 56.3 Å². The zero-order valence-corrected chi connectivity index (χ0v) is 33.0. The van der Waals surface area contributed by atoms with Crippen LogP contribution in [-0.4, -0.2) is 23.2 Å². The predicted molar refractivity (Wildman–Crippen MR) is 198 cm³/mol. The zero-order chi connectivity index (χ0) is 32.7. The third-order valence-electron chi connectivity index (χ3n) is 8.51. The predicted octanol–water partition coefficient (Wildman–Crippen LogP) is 10.8. The van der Waals surface area contributed by atoms with E-state index in [4.69, 9.17) is 4.98 Å². The maximum Gasteiger partial charge on any atom is 0 e. The minimum absolute atomic E-state index is 0. The molecule has 0 N–H and O–H groups in total. The maximum absolute atomic E-state index is 4.81. The third kappa shape index (κ3) is 9.05. The van der Waals surface area contributed by atoms with E-state index in [0.29, 0.717) is 5.92 Å². The molecule has 0 atom stereocenters. The molecule has 4 heteroatoms. The number of benzene rings is 4.